The Morgan fingerprint density at radius 1 is 1.23 bits per heavy atom. The van der Waals surface area contributed by atoms with Gasteiger partial charge in [0, 0.05) is 4.47 Å². The van der Waals surface area contributed by atoms with Gasteiger partial charge in [-0.3, -0.25) is 4.79 Å². The van der Waals surface area contributed by atoms with E-state index in [-0.39, 0.29) is 5.91 Å². The van der Waals surface area contributed by atoms with Gasteiger partial charge in [-0.15, -0.1) is 0 Å². The van der Waals surface area contributed by atoms with E-state index in [4.69, 9.17) is 4.42 Å². The Labute approximate surface area is 140 Å². The highest BCUT2D eigenvalue weighted by Gasteiger charge is 2.22. The molecule has 0 saturated carbocycles. The van der Waals surface area contributed by atoms with Gasteiger partial charge in [0.1, 0.15) is 5.76 Å². The third kappa shape index (κ3) is 3.78. The first-order chi connectivity index (χ1) is 10.7. The fourth-order valence-electron chi connectivity index (χ4n) is 1.74. The summed E-state index contributed by atoms with van der Waals surface area (Å²) in [6.07, 6.45) is 6.92. The van der Waals surface area contributed by atoms with Crippen molar-refractivity contribution in [3.05, 3.63) is 70.0 Å². The van der Waals surface area contributed by atoms with Gasteiger partial charge in [0.05, 0.1) is 16.9 Å². The van der Waals surface area contributed by atoms with Crippen molar-refractivity contribution in [3.63, 3.8) is 0 Å². The molecule has 22 heavy (non-hydrogen) atoms. The van der Waals surface area contributed by atoms with E-state index in [1.807, 2.05) is 36.4 Å². The first kappa shape index (κ1) is 14.9. The first-order valence-electron chi connectivity index (χ1n) is 6.46. The largest absolute Gasteiger partial charge is 0.465 e. The maximum Gasteiger partial charge on any atom is 0.264 e. The van der Waals surface area contributed by atoms with Crippen LogP contribution in [0.4, 0.5) is 5.69 Å². The Balaban J connectivity index is 1.71. The molecular formula is C16H11BrN2O2S. The Kier molecular flexibility index (Phi) is 4.60. The number of amidine groups is 1. The van der Waals surface area contributed by atoms with Crippen LogP contribution in [0, 0.1) is 0 Å². The van der Waals surface area contributed by atoms with E-state index in [1.54, 1.807) is 24.5 Å². The minimum absolute atomic E-state index is 0.148. The molecule has 1 fully saturated rings. The molecule has 1 aromatic heterocycles. The SMILES string of the molecule is O=C1NC(=Nc2ccc(Br)cc2)S/C1=C/C=C/c1ccco1. The Hall–Kier alpha value is -2.05. The second-order valence-corrected chi connectivity index (χ2v) is 6.30. The number of carbonyl (C=O) groups excluding carboxylic acids is 1. The highest BCUT2D eigenvalue weighted by Crippen LogP contribution is 2.26. The molecule has 110 valence electrons. The monoisotopic (exact) mass is 374 g/mol. The molecule has 1 aliphatic heterocycles. The lowest BCUT2D eigenvalue weighted by Crippen LogP contribution is -2.19. The second kappa shape index (κ2) is 6.81. The van der Waals surface area contributed by atoms with Crippen LogP contribution in [0.1, 0.15) is 5.76 Å². The first-order valence-corrected chi connectivity index (χ1v) is 8.07. The predicted molar refractivity (Wildman–Crippen MR) is 92.8 cm³/mol. The van der Waals surface area contributed by atoms with Crippen molar-refractivity contribution in [1.82, 2.24) is 5.32 Å². The zero-order valence-corrected chi connectivity index (χ0v) is 13.7. The van der Waals surface area contributed by atoms with Crippen LogP contribution in [-0.2, 0) is 4.79 Å². The zero-order valence-electron chi connectivity index (χ0n) is 11.3. The van der Waals surface area contributed by atoms with Gasteiger partial charge in [0.2, 0.25) is 0 Å². The maximum atomic E-state index is 11.9. The van der Waals surface area contributed by atoms with Crippen LogP contribution in [0.2, 0.25) is 0 Å². The van der Waals surface area contributed by atoms with Crippen molar-refractivity contribution in [1.29, 1.82) is 0 Å². The molecule has 0 radical (unpaired) electrons. The minimum atomic E-state index is -0.148. The highest BCUT2D eigenvalue weighted by molar-refractivity contribution is 9.10. The third-order valence-electron chi connectivity index (χ3n) is 2.76. The van der Waals surface area contributed by atoms with Crippen molar-refractivity contribution >= 4 is 50.5 Å². The van der Waals surface area contributed by atoms with Gasteiger partial charge in [0.25, 0.3) is 5.91 Å². The number of nitrogens with one attached hydrogen (secondary N) is 1. The van der Waals surface area contributed by atoms with Gasteiger partial charge in [-0.2, -0.15) is 0 Å². The number of furan rings is 1. The molecule has 0 bridgehead atoms. The van der Waals surface area contributed by atoms with E-state index in [0.717, 1.165) is 15.9 Å². The molecule has 3 rings (SSSR count). The van der Waals surface area contributed by atoms with Crippen molar-refractivity contribution in [3.8, 4) is 0 Å². The Morgan fingerprint density at radius 2 is 2.05 bits per heavy atom. The minimum Gasteiger partial charge on any atom is -0.465 e. The number of benzene rings is 1. The van der Waals surface area contributed by atoms with Gasteiger partial charge >= 0.3 is 0 Å². The van der Waals surface area contributed by atoms with Crippen molar-refractivity contribution < 1.29 is 9.21 Å². The van der Waals surface area contributed by atoms with Gasteiger partial charge < -0.3 is 9.73 Å². The number of allylic oxidation sites excluding steroid dienone is 2. The number of thioether (sulfide) groups is 1. The number of aliphatic imine (C=N–C) groups is 1. The smallest absolute Gasteiger partial charge is 0.264 e. The van der Waals surface area contributed by atoms with Crippen LogP contribution in [0.5, 0.6) is 0 Å². The molecule has 1 aliphatic rings. The van der Waals surface area contributed by atoms with Crippen LogP contribution in [0.15, 0.2) is 73.6 Å². The fraction of sp³-hybridized carbons (Fsp3) is 0. The molecular weight excluding hydrogens is 364 g/mol. The molecule has 1 N–H and O–H groups in total. The van der Waals surface area contributed by atoms with Gasteiger partial charge in [0.15, 0.2) is 5.17 Å². The van der Waals surface area contributed by atoms with Crippen molar-refractivity contribution in [2.45, 2.75) is 0 Å². The van der Waals surface area contributed by atoms with Crippen LogP contribution >= 0.6 is 27.7 Å². The van der Waals surface area contributed by atoms with E-state index in [1.165, 1.54) is 11.8 Å². The number of amides is 1. The standard InChI is InChI=1S/C16H11BrN2O2S/c17-11-6-8-12(9-7-11)18-16-19-15(20)14(22-16)5-1-3-13-4-2-10-21-13/h1-10H,(H,18,19,20)/b3-1+,14-5+. The average molecular weight is 375 g/mol. The lowest BCUT2D eigenvalue weighted by atomic mass is 10.3. The van der Waals surface area contributed by atoms with Gasteiger partial charge in [-0.1, -0.05) is 22.0 Å². The summed E-state index contributed by atoms with van der Waals surface area (Å²) in [6.45, 7) is 0. The van der Waals surface area contributed by atoms with Gasteiger partial charge in [-0.05, 0) is 60.3 Å². The normalized spacial score (nSPS) is 18.5. The van der Waals surface area contributed by atoms with Crippen molar-refractivity contribution in [2.24, 2.45) is 4.99 Å². The lowest BCUT2D eigenvalue weighted by molar-refractivity contribution is -0.115. The third-order valence-corrected chi connectivity index (χ3v) is 4.22. The molecule has 1 saturated heterocycles. The molecule has 0 atom stereocenters. The number of rotatable bonds is 3. The summed E-state index contributed by atoms with van der Waals surface area (Å²) in [5, 5.41) is 3.32. The molecule has 6 heteroatoms. The molecule has 1 aromatic carbocycles. The number of hydrogen-bond acceptors (Lipinski definition) is 4. The maximum absolute atomic E-state index is 11.9. The van der Waals surface area contributed by atoms with E-state index < -0.39 is 0 Å². The second-order valence-electron chi connectivity index (χ2n) is 4.36. The number of hydrogen-bond donors (Lipinski definition) is 1. The summed E-state index contributed by atoms with van der Waals surface area (Å²) in [7, 11) is 0. The number of halogens is 1. The van der Waals surface area contributed by atoms with E-state index in [2.05, 4.69) is 26.2 Å². The predicted octanol–water partition coefficient (Wildman–Crippen LogP) is 4.49. The molecule has 2 aromatic rings. The summed E-state index contributed by atoms with van der Waals surface area (Å²) >= 11 is 4.69. The molecule has 0 aliphatic carbocycles. The summed E-state index contributed by atoms with van der Waals surface area (Å²) in [4.78, 5) is 16.9. The summed E-state index contributed by atoms with van der Waals surface area (Å²) in [5.41, 5.74) is 0.790. The van der Waals surface area contributed by atoms with Crippen molar-refractivity contribution in [2.75, 3.05) is 0 Å². The molecule has 0 spiro atoms. The van der Waals surface area contributed by atoms with E-state index in [9.17, 15) is 4.79 Å². The van der Waals surface area contributed by atoms with Crippen LogP contribution in [0.3, 0.4) is 0 Å². The zero-order chi connectivity index (χ0) is 15.4. The van der Waals surface area contributed by atoms with E-state index >= 15 is 0 Å². The molecule has 0 unspecified atom stereocenters. The highest BCUT2D eigenvalue weighted by atomic mass is 79.9. The van der Waals surface area contributed by atoms with E-state index in [0.29, 0.717) is 10.1 Å². The van der Waals surface area contributed by atoms with Crippen LogP contribution in [-0.4, -0.2) is 11.1 Å². The summed E-state index contributed by atoms with van der Waals surface area (Å²) in [6, 6.07) is 11.2. The topological polar surface area (TPSA) is 54.6 Å². The Bertz CT molecular complexity index is 762. The van der Waals surface area contributed by atoms with Gasteiger partial charge in [-0.25, -0.2) is 4.99 Å². The summed E-state index contributed by atoms with van der Waals surface area (Å²) < 4.78 is 6.17. The quantitative estimate of drug-likeness (QED) is 0.805. The molecule has 4 nitrogen and oxygen atoms in total. The lowest BCUT2D eigenvalue weighted by Gasteiger charge is -1.96. The fourth-order valence-corrected chi connectivity index (χ4v) is 2.80. The van der Waals surface area contributed by atoms with Crippen LogP contribution in [0.25, 0.3) is 6.08 Å². The number of carbonyl (C=O) groups is 1. The molecule has 1 amide bonds. The average Bonchev–Trinajstić information content (AvgIpc) is 3.12. The number of nitrogens with zero attached hydrogens (tertiary/aromatic N) is 1. The molecule has 2 heterocycles. The van der Waals surface area contributed by atoms with Crippen LogP contribution < -0.4 is 5.32 Å². The summed E-state index contributed by atoms with van der Waals surface area (Å²) in [5.74, 6) is 0.592. The Morgan fingerprint density at radius 3 is 2.77 bits per heavy atom.